The molecule has 7 heteroatoms. The van der Waals surface area contributed by atoms with Crippen LogP contribution in [0.5, 0.6) is 0 Å². The number of hydrogen-bond donors (Lipinski definition) is 2. The van der Waals surface area contributed by atoms with Crippen molar-refractivity contribution in [2.75, 3.05) is 7.11 Å². The van der Waals surface area contributed by atoms with E-state index in [1.807, 2.05) is 0 Å². The summed E-state index contributed by atoms with van der Waals surface area (Å²) in [5.74, 6) is -0.659. The molecule has 0 aliphatic carbocycles. The van der Waals surface area contributed by atoms with E-state index in [1.165, 1.54) is 25.3 Å². The van der Waals surface area contributed by atoms with Crippen molar-refractivity contribution in [3.05, 3.63) is 34.3 Å². The van der Waals surface area contributed by atoms with Crippen molar-refractivity contribution in [2.45, 2.75) is 6.04 Å². The van der Waals surface area contributed by atoms with Gasteiger partial charge in [0.15, 0.2) is 5.71 Å². The van der Waals surface area contributed by atoms with Gasteiger partial charge in [-0.3, -0.25) is 4.79 Å². The van der Waals surface area contributed by atoms with Gasteiger partial charge in [-0.25, -0.2) is 0 Å². The molecule has 0 aliphatic heterocycles. The lowest BCUT2D eigenvalue weighted by Crippen LogP contribution is -2.23. The molecule has 0 aromatic heterocycles. The number of carbonyl (C=O) groups is 1. The highest BCUT2D eigenvalue weighted by atomic mass is 35.5. The van der Waals surface area contributed by atoms with Gasteiger partial charge in [-0.15, -0.1) is 0 Å². The van der Waals surface area contributed by atoms with Crippen molar-refractivity contribution in [1.29, 1.82) is 5.26 Å². The summed E-state index contributed by atoms with van der Waals surface area (Å²) in [7, 11) is 1.20. The van der Waals surface area contributed by atoms with Crippen molar-refractivity contribution in [1.82, 2.24) is 0 Å². The zero-order valence-corrected chi connectivity index (χ0v) is 10.2. The molecule has 0 saturated carbocycles. The number of nitriles is 1. The number of rotatable bonds is 3. The fourth-order valence-corrected chi connectivity index (χ4v) is 1.56. The minimum absolute atomic E-state index is 0.204. The highest BCUT2D eigenvalue weighted by Crippen LogP contribution is 2.24. The average Bonchev–Trinajstić information content (AvgIpc) is 2.40. The van der Waals surface area contributed by atoms with Crippen LogP contribution in [0.3, 0.4) is 0 Å². The summed E-state index contributed by atoms with van der Waals surface area (Å²) in [4.78, 5) is 11.3. The summed E-state index contributed by atoms with van der Waals surface area (Å²) >= 11 is 5.91. The van der Waals surface area contributed by atoms with Gasteiger partial charge in [0.2, 0.25) is 0 Å². The molecule has 0 heterocycles. The second-order valence-electron chi connectivity index (χ2n) is 3.30. The Balaban J connectivity index is 3.26. The van der Waals surface area contributed by atoms with Crippen LogP contribution < -0.4 is 5.73 Å². The lowest BCUT2D eigenvalue weighted by atomic mass is 10.0. The van der Waals surface area contributed by atoms with E-state index in [0.29, 0.717) is 5.56 Å². The Kier molecular flexibility index (Phi) is 4.66. The predicted octanol–water partition coefficient (Wildman–Crippen LogP) is 1.21. The molecule has 94 valence electrons. The number of methoxy groups -OCH3 is 1. The fraction of sp³-hybridized carbons (Fsp3) is 0.182. The summed E-state index contributed by atoms with van der Waals surface area (Å²) in [6, 6.07) is 4.97. The summed E-state index contributed by atoms with van der Waals surface area (Å²) < 4.78 is 4.51. The summed E-state index contributed by atoms with van der Waals surface area (Å²) in [6.45, 7) is 0. The van der Waals surface area contributed by atoms with Gasteiger partial charge >= 0.3 is 5.97 Å². The molecule has 1 atom stereocenters. The Hall–Kier alpha value is -2.10. The van der Waals surface area contributed by atoms with E-state index in [-0.39, 0.29) is 16.3 Å². The van der Waals surface area contributed by atoms with E-state index >= 15 is 0 Å². The molecule has 0 radical (unpaired) electrons. The molecule has 1 unspecified atom stereocenters. The Bertz CT molecular complexity index is 537. The molecular formula is C11H10ClN3O3. The van der Waals surface area contributed by atoms with E-state index in [4.69, 9.17) is 27.8 Å². The van der Waals surface area contributed by atoms with Crippen LogP contribution in [0.4, 0.5) is 0 Å². The number of benzene rings is 1. The van der Waals surface area contributed by atoms with Gasteiger partial charge in [0.1, 0.15) is 12.1 Å². The van der Waals surface area contributed by atoms with Gasteiger partial charge in [-0.2, -0.15) is 5.26 Å². The van der Waals surface area contributed by atoms with Crippen molar-refractivity contribution in [3.8, 4) is 6.07 Å². The molecule has 0 amide bonds. The highest BCUT2D eigenvalue weighted by Gasteiger charge is 2.20. The standard InChI is InChI=1S/C11H10ClN3O3/c1-18-11(16)10(14)7-4-6(2-3-8(7)12)9(5-13)15-17/h2-4,10,17H,14H2,1H3/b15-9+. The molecule has 1 rings (SSSR count). The monoisotopic (exact) mass is 267 g/mol. The van der Waals surface area contributed by atoms with Crippen LogP contribution >= 0.6 is 11.6 Å². The Morgan fingerprint density at radius 3 is 2.83 bits per heavy atom. The Morgan fingerprint density at radius 2 is 2.33 bits per heavy atom. The number of nitrogens with zero attached hydrogens (tertiary/aromatic N) is 2. The first-order chi connectivity index (χ1) is 8.54. The van der Waals surface area contributed by atoms with Gasteiger partial charge in [0.25, 0.3) is 0 Å². The minimum atomic E-state index is -1.07. The number of nitrogens with two attached hydrogens (primary N) is 1. The van der Waals surface area contributed by atoms with Crippen molar-refractivity contribution >= 4 is 23.3 Å². The topological polar surface area (TPSA) is 109 Å². The molecular weight excluding hydrogens is 258 g/mol. The maximum absolute atomic E-state index is 11.3. The van der Waals surface area contributed by atoms with Crippen LogP contribution in [0.15, 0.2) is 23.4 Å². The van der Waals surface area contributed by atoms with Gasteiger partial charge in [0, 0.05) is 10.6 Å². The molecule has 0 spiro atoms. The largest absolute Gasteiger partial charge is 0.468 e. The average molecular weight is 268 g/mol. The molecule has 1 aromatic rings. The Morgan fingerprint density at radius 1 is 1.67 bits per heavy atom. The van der Waals surface area contributed by atoms with Crippen LogP contribution in [-0.4, -0.2) is 24.0 Å². The van der Waals surface area contributed by atoms with Crippen molar-refractivity contribution in [2.24, 2.45) is 10.9 Å². The van der Waals surface area contributed by atoms with Gasteiger partial charge in [0.05, 0.1) is 7.11 Å². The molecule has 0 aliphatic rings. The van der Waals surface area contributed by atoms with Gasteiger partial charge in [-0.1, -0.05) is 22.8 Å². The number of esters is 1. The number of halogens is 1. The number of oxime groups is 1. The van der Waals surface area contributed by atoms with Crippen LogP contribution in [0.2, 0.25) is 5.02 Å². The normalized spacial score (nSPS) is 12.7. The first kappa shape index (κ1) is 14.0. The van der Waals surface area contributed by atoms with Crippen LogP contribution in [-0.2, 0) is 9.53 Å². The highest BCUT2D eigenvalue weighted by molar-refractivity contribution is 6.31. The molecule has 18 heavy (non-hydrogen) atoms. The van der Waals surface area contributed by atoms with Crippen LogP contribution in [0.25, 0.3) is 0 Å². The SMILES string of the molecule is COC(=O)C(N)c1cc(/C(C#N)=N/O)ccc1Cl. The lowest BCUT2D eigenvalue weighted by molar-refractivity contribution is -0.142. The minimum Gasteiger partial charge on any atom is -0.468 e. The number of hydrogen-bond acceptors (Lipinski definition) is 6. The maximum atomic E-state index is 11.3. The van der Waals surface area contributed by atoms with Gasteiger partial charge < -0.3 is 15.7 Å². The van der Waals surface area contributed by atoms with Crippen molar-refractivity contribution in [3.63, 3.8) is 0 Å². The Labute approximate surface area is 108 Å². The molecule has 0 fully saturated rings. The van der Waals surface area contributed by atoms with E-state index in [0.717, 1.165) is 0 Å². The first-order valence-corrected chi connectivity index (χ1v) is 5.18. The predicted molar refractivity (Wildman–Crippen MR) is 64.3 cm³/mol. The summed E-state index contributed by atoms with van der Waals surface area (Å²) in [6.07, 6.45) is 0. The van der Waals surface area contributed by atoms with E-state index < -0.39 is 12.0 Å². The second kappa shape index (κ2) is 6.00. The summed E-state index contributed by atoms with van der Waals surface area (Å²) in [5, 5.41) is 20.5. The molecule has 0 saturated heterocycles. The molecule has 6 nitrogen and oxygen atoms in total. The van der Waals surface area contributed by atoms with E-state index in [2.05, 4.69) is 9.89 Å². The van der Waals surface area contributed by atoms with E-state index in [9.17, 15) is 4.79 Å². The third kappa shape index (κ3) is 2.77. The summed E-state index contributed by atoms with van der Waals surface area (Å²) in [5.41, 5.74) is 6.05. The maximum Gasteiger partial charge on any atom is 0.327 e. The molecule has 0 bridgehead atoms. The number of ether oxygens (including phenoxy) is 1. The zero-order valence-electron chi connectivity index (χ0n) is 9.42. The molecule has 3 N–H and O–H groups in total. The van der Waals surface area contributed by atoms with Gasteiger partial charge in [-0.05, 0) is 17.7 Å². The van der Waals surface area contributed by atoms with Crippen LogP contribution in [0, 0.1) is 11.3 Å². The molecule has 1 aromatic carbocycles. The second-order valence-corrected chi connectivity index (χ2v) is 3.70. The zero-order chi connectivity index (χ0) is 13.7. The first-order valence-electron chi connectivity index (χ1n) is 4.80. The van der Waals surface area contributed by atoms with Crippen molar-refractivity contribution < 1.29 is 14.7 Å². The quantitative estimate of drug-likeness (QED) is 0.370. The lowest BCUT2D eigenvalue weighted by Gasteiger charge is -2.12. The fourth-order valence-electron chi connectivity index (χ4n) is 1.33. The third-order valence-electron chi connectivity index (χ3n) is 2.27. The van der Waals surface area contributed by atoms with E-state index in [1.54, 1.807) is 6.07 Å². The third-order valence-corrected chi connectivity index (χ3v) is 2.61. The smallest absolute Gasteiger partial charge is 0.327 e. The number of carbonyl (C=O) groups excluding carboxylic acids is 1. The van der Waals surface area contributed by atoms with Crippen LogP contribution in [0.1, 0.15) is 17.2 Å².